The first kappa shape index (κ1) is 21.4. The molecule has 0 spiro atoms. The molecule has 0 bridgehead atoms. The number of nitrogens with zero attached hydrogens (tertiary/aromatic N) is 1. The Hall–Kier alpha value is -2.86. The Morgan fingerprint density at radius 2 is 1.77 bits per heavy atom. The maximum absolute atomic E-state index is 14.9. The van der Waals surface area contributed by atoms with E-state index in [1.165, 1.54) is 6.07 Å². The topological polar surface area (TPSA) is 56.4 Å². The summed E-state index contributed by atoms with van der Waals surface area (Å²) < 4.78 is 14.9. The van der Waals surface area contributed by atoms with Gasteiger partial charge in [0.25, 0.3) is 5.91 Å². The fourth-order valence-electron chi connectivity index (χ4n) is 4.85. The van der Waals surface area contributed by atoms with E-state index in [1.54, 1.807) is 12.3 Å². The number of fused-ring (bicyclic) bond motifs is 1. The molecule has 2 aromatic rings. The minimum atomic E-state index is -0.311. The smallest absolute Gasteiger partial charge is 0.257 e. The maximum Gasteiger partial charge on any atom is 0.257 e. The van der Waals surface area contributed by atoms with Crippen LogP contribution in [0.5, 0.6) is 0 Å². The van der Waals surface area contributed by atoms with Crippen LogP contribution in [0.25, 0.3) is 5.57 Å². The number of hydrogen-bond acceptors (Lipinski definition) is 4. The molecule has 1 fully saturated rings. The van der Waals surface area contributed by atoms with E-state index in [-0.39, 0.29) is 28.8 Å². The summed E-state index contributed by atoms with van der Waals surface area (Å²) in [6.45, 7) is 8.93. The highest BCUT2D eigenvalue weighted by atomic mass is 19.1. The van der Waals surface area contributed by atoms with Crippen molar-refractivity contribution in [3.63, 3.8) is 0 Å². The number of piperidine rings is 1. The van der Waals surface area contributed by atoms with Gasteiger partial charge in [0.05, 0.1) is 11.3 Å². The second kappa shape index (κ2) is 7.68. The molecule has 0 aliphatic carbocycles. The second-order valence-corrected chi connectivity index (χ2v) is 9.83. The number of halogens is 1. The van der Waals surface area contributed by atoms with E-state index >= 15 is 0 Å². The van der Waals surface area contributed by atoms with Crippen LogP contribution in [0.2, 0.25) is 0 Å². The lowest BCUT2D eigenvalue weighted by atomic mass is 9.77. The number of hydrogen-bond donors (Lipinski definition) is 3. The van der Waals surface area contributed by atoms with Gasteiger partial charge < -0.3 is 16.0 Å². The van der Waals surface area contributed by atoms with Crippen LogP contribution < -0.4 is 16.0 Å². The van der Waals surface area contributed by atoms with Crippen LogP contribution in [-0.2, 0) is 4.79 Å². The highest BCUT2D eigenvalue weighted by Gasteiger charge is 2.43. The van der Waals surface area contributed by atoms with Crippen molar-refractivity contribution >= 4 is 28.5 Å². The van der Waals surface area contributed by atoms with Crippen molar-refractivity contribution in [2.24, 2.45) is 0 Å². The van der Waals surface area contributed by atoms with Crippen molar-refractivity contribution in [2.75, 3.05) is 23.0 Å². The summed E-state index contributed by atoms with van der Waals surface area (Å²) in [6.07, 6.45) is 3.50. The zero-order chi connectivity index (χ0) is 22.4. The van der Waals surface area contributed by atoms with Crippen molar-refractivity contribution in [2.45, 2.75) is 57.7 Å². The molecular weight excluding hydrogens is 391 g/mol. The van der Waals surface area contributed by atoms with Crippen LogP contribution >= 0.6 is 0 Å². The van der Waals surface area contributed by atoms with Crippen LogP contribution in [-0.4, -0.2) is 35.0 Å². The van der Waals surface area contributed by atoms with E-state index in [0.717, 1.165) is 24.1 Å². The molecule has 3 N–H and O–H groups in total. The van der Waals surface area contributed by atoms with Gasteiger partial charge in [0.1, 0.15) is 5.82 Å². The molecule has 5 nitrogen and oxygen atoms in total. The average molecular weight is 423 g/mol. The number of anilines is 3. The van der Waals surface area contributed by atoms with Gasteiger partial charge in [-0.25, -0.2) is 4.39 Å². The van der Waals surface area contributed by atoms with E-state index < -0.39 is 0 Å². The molecular formula is C25H31FN4O. The SMILES string of the molecule is CN1C(C)(C)CC(Nc2ccc(NC=C3C(=O)Nc4ccccc43)cc2F)CC1(C)C. The van der Waals surface area contributed by atoms with Gasteiger partial charge in [0, 0.05) is 40.3 Å². The molecule has 1 amide bonds. The third-order valence-corrected chi connectivity index (χ3v) is 6.73. The predicted molar refractivity (Wildman–Crippen MR) is 126 cm³/mol. The fraction of sp³-hybridized carbons (Fsp3) is 0.400. The molecule has 0 atom stereocenters. The third kappa shape index (κ3) is 4.17. The number of likely N-dealkylation sites (tertiary alicyclic amines) is 1. The molecule has 2 heterocycles. The van der Waals surface area contributed by atoms with Gasteiger partial charge in [-0.2, -0.15) is 0 Å². The number of para-hydroxylation sites is 1. The number of benzene rings is 2. The van der Waals surface area contributed by atoms with Crippen LogP contribution in [0, 0.1) is 5.82 Å². The lowest BCUT2D eigenvalue weighted by molar-refractivity contribution is -0.110. The van der Waals surface area contributed by atoms with Crippen molar-refractivity contribution in [3.05, 3.63) is 60.0 Å². The third-order valence-electron chi connectivity index (χ3n) is 6.73. The highest BCUT2D eigenvalue weighted by molar-refractivity contribution is 6.31. The second-order valence-electron chi connectivity index (χ2n) is 9.83. The summed E-state index contributed by atoms with van der Waals surface area (Å²) >= 11 is 0. The predicted octanol–water partition coefficient (Wildman–Crippen LogP) is 5.29. The molecule has 6 heteroatoms. The Balaban J connectivity index is 1.47. The number of amides is 1. The standard InChI is InChI=1S/C25H31FN4O/c1-24(2)13-17(14-25(3,4)30(24)5)28-22-11-10-16(12-20(22)26)27-15-19-18-8-6-7-9-21(18)29-23(19)31/h6-12,15,17,27-28H,13-14H2,1-5H3,(H,29,31). The summed E-state index contributed by atoms with van der Waals surface area (Å²) in [5, 5.41) is 9.31. The Bertz CT molecular complexity index is 1030. The summed E-state index contributed by atoms with van der Waals surface area (Å²) in [4.78, 5) is 14.6. The summed E-state index contributed by atoms with van der Waals surface area (Å²) in [7, 11) is 2.16. The van der Waals surface area contributed by atoms with Gasteiger partial charge in [0.15, 0.2) is 0 Å². The highest BCUT2D eigenvalue weighted by Crippen LogP contribution is 2.38. The minimum Gasteiger partial charge on any atom is -0.380 e. The molecule has 0 radical (unpaired) electrons. The average Bonchev–Trinajstić information content (AvgIpc) is 3.01. The molecule has 2 aliphatic rings. The van der Waals surface area contributed by atoms with Crippen molar-refractivity contribution in [1.29, 1.82) is 0 Å². The van der Waals surface area contributed by atoms with Gasteiger partial charge in [-0.05, 0) is 71.8 Å². The van der Waals surface area contributed by atoms with Crippen molar-refractivity contribution in [1.82, 2.24) is 4.90 Å². The van der Waals surface area contributed by atoms with Crippen molar-refractivity contribution in [3.8, 4) is 0 Å². The van der Waals surface area contributed by atoms with Gasteiger partial charge in [-0.1, -0.05) is 18.2 Å². The lowest BCUT2D eigenvalue weighted by Crippen LogP contribution is -2.61. The minimum absolute atomic E-state index is 0.0295. The Morgan fingerprint density at radius 3 is 2.45 bits per heavy atom. The van der Waals surface area contributed by atoms with E-state index in [4.69, 9.17) is 0 Å². The largest absolute Gasteiger partial charge is 0.380 e. The normalized spacial score (nSPS) is 21.6. The Labute approximate surface area is 183 Å². The summed E-state index contributed by atoms with van der Waals surface area (Å²) in [5.74, 6) is -0.478. The Morgan fingerprint density at radius 1 is 1.10 bits per heavy atom. The van der Waals surface area contributed by atoms with Crippen molar-refractivity contribution < 1.29 is 9.18 Å². The molecule has 31 heavy (non-hydrogen) atoms. The molecule has 4 rings (SSSR count). The molecule has 2 aliphatic heterocycles. The quantitative estimate of drug-likeness (QED) is 0.586. The molecule has 0 aromatic heterocycles. The van der Waals surface area contributed by atoms with E-state index in [2.05, 4.69) is 55.6 Å². The van der Waals surface area contributed by atoms with E-state index in [9.17, 15) is 9.18 Å². The van der Waals surface area contributed by atoms with Gasteiger partial charge in [0.2, 0.25) is 0 Å². The Kier molecular flexibility index (Phi) is 5.30. The van der Waals surface area contributed by atoms with Crippen LogP contribution in [0.15, 0.2) is 48.7 Å². The number of nitrogens with one attached hydrogen (secondary N) is 3. The van der Waals surface area contributed by atoms with E-state index in [0.29, 0.717) is 16.9 Å². The van der Waals surface area contributed by atoms with Gasteiger partial charge in [-0.3, -0.25) is 9.69 Å². The molecule has 1 saturated heterocycles. The summed E-state index contributed by atoms with van der Waals surface area (Å²) in [6, 6.07) is 12.8. The first-order valence-corrected chi connectivity index (χ1v) is 10.7. The number of carbonyl (C=O) groups excluding carboxylic acids is 1. The number of carbonyl (C=O) groups is 1. The van der Waals surface area contributed by atoms with Crippen LogP contribution in [0.1, 0.15) is 46.1 Å². The molecule has 0 unspecified atom stereocenters. The first-order valence-electron chi connectivity index (χ1n) is 10.7. The van der Waals surface area contributed by atoms with E-state index in [1.807, 2.05) is 30.3 Å². The molecule has 164 valence electrons. The van der Waals surface area contributed by atoms with Crippen LogP contribution in [0.3, 0.4) is 0 Å². The first-order chi connectivity index (χ1) is 14.6. The van der Waals surface area contributed by atoms with Gasteiger partial charge >= 0.3 is 0 Å². The summed E-state index contributed by atoms with van der Waals surface area (Å²) in [5.41, 5.74) is 3.32. The fourth-order valence-corrected chi connectivity index (χ4v) is 4.85. The molecule has 0 saturated carbocycles. The maximum atomic E-state index is 14.9. The zero-order valence-electron chi connectivity index (χ0n) is 18.8. The lowest BCUT2D eigenvalue weighted by Gasteiger charge is -2.53. The molecule has 2 aromatic carbocycles. The monoisotopic (exact) mass is 422 g/mol. The zero-order valence-corrected chi connectivity index (χ0v) is 18.8. The van der Waals surface area contributed by atoms with Crippen LogP contribution in [0.4, 0.5) is 21.5 Å². The van der Waals surface area contributed by atoms with Gasteiger partial charge in [-0.15, -0.1) is 0 Å². The number of rotatable bonds is 4.